The van der Waals surface area contributed by atoms with Crippen molar-refractivity contribution in [2.45, 2.75) is 0 Å². The van der Waals surface area contributed by atoms with Gasteiger partial charge in [0.15, 0.2) is 0 Å². The summed E-state index contributed by atoms with van der Waals surface area (Å²) in [6, 6.07) is 0. The monoisotopic (exact) mass is 468 g/mol. The smallest absolute Gasteiger partial charge is 0 e. The molecule has 20 valence electrons. The van der Waals surface area contributed by atoms with Gasteiger partial charge in [0.1, 0.15) is 0 Å². The Hall–Kier alpha value is 2.58. The van der Waals surface area contributed by atoms with Crippen molar-refractivity contribution in [1.82, 2.24) is 0 Å². The fourth-order valence-electron chi connectivity index (χ4n) is 0. The first-order chi connectivity index (χ1) is 0. The first-order valence-electron chi connectivity index (χ1n) is 0. The summed E-state index contributed by atoms with van der Waals surface area (Å²) < 4.78 is 0. The molecular formula is H2Hf2OZr. The molecule has 0 heterocycles. The summed E-state index contributed by atoms with van der Waals surface area (Å²) in [7, 11) is 0. The normalized spacial score (nSPS) is 0. The van der Waals surface area contributed by atoms with Crippen molar-refractivity contribution in [1.29, 1.82) is 0 Å². The van der Waals surface area contributed by atoms with Crippen LogP contribution in [0.5, 0.6) is 0 Å². The first-order valence-corrected chi connectivity index (χ1v) is 0. The van der Waals surface area contributed by atoms with E-state index in [0.717, 1.165) is 0 Å². The van der Waals surface area contributed by atoms with E-state index in [-0.39, 0.29) is 83.4 Å². The Bertz CT molecular complexity index is 6.00. The van der Waals surface area contributed by atoms with Gasteiger partial charge in [0, 0.05) is 77.9 Å². The molecule has 0 aliphatic heterocycles. The fourth-order valence-corrected chi connectivity index (χ4v) is 0. The topological polar surface area (TPSA) is 31.5 Å². The molecule has 0 unspecified atom stereocenters. The molecule has 0 aliphatic carbocycles. The third-order valence-corrected chi connectivity index (χ3v) is 0. The summed E-state index contributed by atoms with van der Waals surface area (Å²) in [4.78, 5) is 0. The maximum absolute atomic E-state index is 0. The van der Waals surface area contributed by atoms with Gasteiger partial charge in [-0.1, -0.05) is 0 Å². The Kier molecular flexibility index (Phi) is 135. The van der Waals surface area contributed by atoms with Gasteiger partial charge < -0.3 is 5.48 Å². The molecule has 0 aromatic rings. The molecular weight excluding hydrogens is 464 g/mol. The minimum Gasteiger partial charge on any atom is -0.412 e. The van der Waals surface area contributed by atoms with Crippen LogP contribution in [0.1, 0.15) is 0 Å². The maximum atomic E-state index is 0. The van der Waals surface area contributed by atoms with Crippen LogP contribution in [-0.2, 0) is 77.9 Å². The number of hydrogen-bond acceptors (Lipinski definition) is 0. The van der Waals surface area contributed by atoms with Crippen molar-refractivity contribution in [3.8, 4) is 0 Å². The van der Waals surface area contributed by atoms with Gasteiger partial charge in [-0.15, -0.1) is 0 Å². The predicted molar refractivity (Wildman–Crippen MR) is 3.61 cm³/mol. The fraction of sp³-hybridized carbons (Fsp3) is 0. The van der Waals surface area contributed by atoms with E-state index < -0.39 is 0 Å². The van der Waals surface area contributed by atoms with Crippen molar-refractivity contribution >= 4 is 0 Å². The average Bonchev–Trinajstić information content (AvgIpc) is 0. The molecule has 0 radical (unpaired) electrons. The number of rotatable bonds is 0. The minimum atomic E-state index is 0. The predicted octanol–water partition coefficient (Wildman–Crippen LogP) is -0.832. The molecule has 1 nitrogen and oxygen atoms in total. The van der Waals surface area contributed by atoms with Crippen LogP contribution in [-0.4, -0.2) is 5.48 Å². The molecule has 0 saturated heterocycles. The van der Waals surface area contributed by atoms with E-state index >= 15 is 0 Å². The van der Waals surface area contributed by atoms with Gasteiger partial charge in [-0.3, -0.25) is 0 Å². The Labute approximate surface area is 81.9 Å². The van der Waals surface area contributed by atoms with Crippen molar-refractivity contribution in [3.63, 3.8) is 0 Å². The quantitative estimate of drug-likeness (QED) is 0.418. The zero-order chi connectivity index (χ0) is 0. The van der Waals surface area contributed by atoms with Gasteiger partial charge in [0.2, 0.25) is 0 Å². The first kappa shape index (κ1) is 30.8. The third kappa shape index (κ3) is 8.82. The summed E-state index contributed by atoms with van der Waals surface area (Å²) in [5, 5.41) is 0. The Balaban J connectivity index is 0. The largest absolute Gasteiger partial charge is 0.412 e. The van der Waals surface area contributed by atoms with Crippen LogP contribution in [0, 0.1) is 0 Å². The van der Waals surface area contributed by atoms with Crippen molar-refractivity contribution < 1.29 is 83.4 Å². The number of hydrogen-bond donors (Lipinski definition) is 0. The molecule has 0 bridgehead atoms. The average molecular weight is 466 g/mol. The van der Waals surface area contributed by atoms with Crippen LogP contribution in [0.4, 0.5) is 0 Å². The molecule has 4 heavy (non-hydrogen) atoms. The van der Waals surface area contributed by atoms with Crippen molar-refractivity contribution in [3.05, 3.63) is 0 Å². The van der Waals surface area contributed by atoms with Gasteiger partial charge in [-0.2, -0.15) is 0 Å². The van der Waals surface area contributed by atoms with E-state index in [4.69, 9.17) is 0 Å². The van der Waals surface area contributed by atoms with Gasteiger partial charge in [-0.25, -0.2) is 0 Å². The summed E-state index contributed by atoms with van der Waals surface area (Å²) in [6.07, 6.45) is 0. The summed E-state index contributed by atoms with van der Waals surface area (Å²) in [5.74, 6) is 0. The van der Waals surface area contributed by atoms with E-state index in [0.29, 0.717) is 0 Å². The maximum Gasteiger partial charge on any atom is 0 e. The van der Waals surface area contributed by atoms with Gasteiger partial charge >= 0.3 is 0 Å². The molecule has 0 rings (SSSR count). The summed E-state index contributed by atoms with van der Waals surface area (Å²) in [5.41, 5.74) is 0. The van der Waals surface area contributed by atoms with Crippen LogP contribution in [0.25, 0.3) is 0 Å². The van der Waals surface area contributed by atoms with Gasteiger partial charge in [0.25, 0.3) is 0 Å². The van der Waals surface area contributed by atoms with Crippen LogP contribution < -0.4 is 0 Å². The molecule has 0 aromatic heterocycles. The standard InChI is InChI=1S/2Hf.H2O.Zr/h;;1H2;. The molecule has 0 saturated carbocycles. The SMILES string of the molecule is O.[Hf].[Hf].[Zr]. The zero-order valence-electron chi connectivity index (χ0n) is 2.00. The van der Waals surface area contributed by atoms with Crippen LogP contribution in [0.15, 0.2) is 0 Å². The Morgan fingerprint density at radius 3 is 0.750 bits per heavy atom. The Morgan fingerprint density at radius 2 is 0.750 bits per heavy atom. The molecule has 0 fully saturated rings. The molecule has 0 amide bonds. The third-order valence-electron chi connectivity index (χ3n) is 0. The minimum absolute atomic E-state index is 0. The van der Waals surface area contributed by atoms with Gasteiger partial charge in [-0.05, 0) is 0 Å². The zero-order valence-corrected chi connectivity index (χ0v) is 11.6. The second-order valence-corrected chi connectivity index (χ2v) is 0. The van der Waals surface area contributed by atoms with Crippen LogP contribution in [0.3, 0.4) is 0 Å². The van der Waals surface area contributed by atoms with E-state index in [1.807, 2.05) is 0 Å². The van der Waals surface area contributed by atoms with E-state index in [2.05, 4.69) is 0 Å². The van der Waals surface area contributed by atoms with Crippen molar-refractivity contribution in [2.24, 2.45) is 0 Å². The van der Waals surface area contributed by atoms with E-state index in [1.54, 1.807) is 0 Å². The molecule has 2 N–H and O–H groups in total. The molecule has 0 aromatic carbocycles. The molecule has 0 spiro atoms. The molecule has 0 atom stereocenters. The second-order valence-electron chi connectivity index (χ2n) is 0. The van der Waals surface area contributed by atoms with Gasteiger partial charge in [0.05, 0.1) is 0 Å². The Morgan fingerprint density at radius 1 is 0.750 bits per heavy atom. The second kappa shape index (κ2) is 17.6. The van der Waals surface area contributed by atoms with Crippen LogP contribution in [0.2, 0.25) is 0 Å². The van der Waals surface area contributed by atoms with E-state index in [1.165, 1.54) is 0 Å². The van der Waals surface area contributed by atoms with Crippen molar-refractivity contribution in [2.75, 3.05) is 0 Å². The summed E-state index contributed by atoms with van der Waals surface area (Å²) >= 11 is 0. The van der Waals surface area contributed by atoms with Crippen LogP contribution >= 0.6 is 0 Å². The van der Waals surface area contributed by atoms with E-state index in [9.17, 15) is 0 Å². The molecule has 4 heteroatoms. The molecule has 0 aliphatic rings. The summed E-state index contributed by atoms with van der Waals surface area (Å²) in [6.45, 7) is 0.